The van der Waals surface area contributed by atoms with Crippen LogP contribution in [0.2, 0.25) is 0 Å². The van der Waals surface area contributed by atoms with Crippen molar-refractivity contribution < 1.29 is 9.59 Å². The van der Waals surface area contributed by atoms with Crippen molar-refractivity contribution in [3.8, 4) is 0 Å². The van der Waals surface area contributed by atoms with Gasteiger partial charge < -0.3 is 15.1 Å². The summed E-state index contributed by atoms with van der Waals surface area (Å²) in [7, 11) is 5.48. The molecule has 182 valence electrons. The highest BCUT2D eigenvalue weighted by molar-refractivity contribution is 6.06. The Kier molecular flexibility index (Phi) is 9.84. The topological polar surface area (TPSA) is 65.0 Å². The predicted octanol–water partition coefficient (Wildman–Crippen LogP) is 4.27. The van der Waals surface area contributed by atoms with Crippen LogP contribution in [0.3, 0.4) is 0 Å². The standard InChI is InChI=1S/C27H42N4O2/c1-20-13-11-12-17-31(7)18-16-22(28-23(19-20)21-14-9-8-10-15-21)25(32)29-24(27(2,3)4)26(33)30(5)6/h8-9,13-14,16,24H,10-12,15,17-19H2,1-7H3,(H,29,32)/b20-13+,22-16+,28-23?/t24-/m1/s1. The number of likely N-dealkylation sites (N-methyl/N-ethyl adjacent to an activating group) is 2. The molecule has 0 bridgehead atoms. The number of carbonyl (C=O) groups is 2. The minimum absolute atomic E-state index is 0.121. The van der Waals surface area contributed by atoms with Gasteiger partial charge in [0.15, 0.2) is 0 Å². The molecule has 1 heterocycles. The molecule has 2 rings (SSSR count). The third-order valence-corrected chi connectivity index (χ3v) is 5.98. The molecule has 0 radical (unpaired) electrons. The zero-order valence-corrected chi connectivity index (χ0v) is 21.6. The Labute approximate surface area is 200 Å². The number of hydrogen-bond acceptors (Lipinski definition) is 4. The average Bonchev–Trinajstić information content (AvgIpc) is 2.75. The highest BCUT2D eigenvalue weighted by Crippen LogP contribution is 2.23. The molecule has 0 fully saturated rings. The quantitative estimate of drug-likeness (QED) is 0.645. The van der Waals surface area contributed by atoms with E-state index < -0.39 is 11.5 Å². The van der Waals surface area contributed by atoms with E-state index >= 15 is 0 Å². The van der Waals surface area contributed by atoms with Gasteiger partial charge in [-0.05, 0) is 63.3 Å². The molecule has 1 N–H and O–H groups in total. The molecule has 0 aromatic carbocycles. The summed E-state index contributed by atoms with van der Waals surface area (Å²) in [6, 6.07) is -0.642. The molecule has 0 aromatic heterocycles. The van der Waals surface area contributed by atoms with Crippen molar-refractivity contribution in [2.75, 3.05) is 34.2 Å². The van der Waals surface area contributed by atoms with Crippen LogP contribution in [0.25, 0.3) is 0 Å². The highest BCUT2D eigenvalue weighted by atomic mass is 16.2. The predicted molar refractivity (Wildman–Crippen MR) is 137 cm³/mol. The van der Waals surface area contributed by atoms with Gasteiger partial charge in [0.1, 0.15) is 11.7 Å². The largest absolute Gasteiger partial charge is 0.347 e. The monoisotopic (exact) mass is 454 g/mol. The van der Waals surface area contributed by atoms with Crippen LogP contribution in [0.1, 0.15) is 59.8 Å². The van der Waals surface area contributed by atoms with Crippen molar-refractivity contribution in [3.05, 3.63) is 47.2 Å². The second kappa shape index (κ2) is 12.1. The van der Waals surface area contributed by atoms with Crippen molar-refractivity contribution in [1.82, 2.24) is 15.1 Å². The molecule has 6 nitrogen and oxygen atoms in total. The van der Waals surface area contributed by atoms with E-state index in [1.165, 1.54) is 16.0 Å². The Morgan fingerprint density at radius 1 is 1.18 bits per heavy atom. The lowest BCUT2D eigenvalue weighted by molar-refractivity contribution is -0.136. The van der Waals surface area contributed by atoms with Crippen molar-refractivity contribution >= 4 is 17.5 Å². The molecule has 0 unspecified atom stereocenters. The summed E-state index contributed by atoms with van der Waals surface area (Å²) in [6.45, 7) is 9.60. The van der Waals surface area contributed by atoms with E-state index in [-0.39, 0.29) is 11.8 Å². The van der Waals surface area contributed by atoms with E-state index in [9.17, 15) is 9.59 Å². The summed E-state index contributed by atoms with van der Waals surface area (Å²) in [5, 5.41) is 3.00. The first-order valence-corrected chi connectivity index (χ1v) is 12.0. The van der Waals surface area contributed by atoms with Gasteiger partial charge in [0, 0.05) is 32.8 Å². The Morgan fingerprint density at radius 2 is 1.91 bits per heavy atom. The summed E-state index contributed by atoms with van der Waals surface area (Å²) >= 11 is 0. The number of carbonyl (C=O) groups excluding carboxylic acids is 2. The number of amides is 2. The van der Waals surface area contributed by atoms with Crippen LogP contribution in [0.4, 0.5) is 0 Å². The molecule has 0 saturated carbocycles. The fourth-order valence-electron chi connectivity index (χ4n) is 3.89. The zero-order chi connectivity index (χ0) is 24.6. The van der Waals surface area contributed by atoms with E-state index in [1.54, 1.807) is 14.1 Å². The fraction of sp³-hybridized carbons (Fsp3) is 0.593. The smallest absolute Gasteiger partial charge is 0.270 e. The Hall–Kier alpha value is -2.47. The minimum atomic E-state index is -0.642. The van der Waals surface area contributed by atoms with Crippen LogP contribution >= 0.6 is 0 Å². The number of hydrogen-bond donors (Lipinski definition) is 1. The lowest BCUT2D eigenvalue weighted by atomic mass is 9.85. The minimum Gasteiger partial charge on any atom is -0.347 e. The van der Waals surface area contributed by atoms with E-state index in [4.69, 9.17) is 4.99 Å². The lowest BCUT2D eigenvalue weighted by Crippen LogP contribution is -2.53. The first-order valence-electron chi connectivity index (χ1n) is 12.0. The first kappa shape index (κ1) is 26.8. The Morgan fingerprint density at radius 3 is 2.52 bits per heavy atom. The maximum atomic E-state index is 13.5. The number of nitrogens with one attached hydrogen (secondary N) is 1. The first-order chi connectivity index (χ1) is 15.5. The highest BCUT2D eigenvalue weighted by Gasteiger charge is 2.34. The van der Waals surface area contributed by atoms with Crippen LogP contribution in [-0.2, 0) is 9.59 Å². The van der Waals surface area contributed by atoms with Gasteiger partial charge in [-0.3, -0.25) is 9.59 Å². The number of aliphatic imine (C=N–C) groups is 1. The molecular weight excluding hydrogens is 412 g/mol. The summed E-state index contributed by atoms with van der Waals surface area (Å²) in [4.78, 5) is 35.0. The van der Waals surface area contributed by atoms with Crippen LogP contribution in [0.5, 0.6) is 0 Å². The third kappa shape index (κ3) is 8.43. The second-order valence-electron chi connectivity index (χ2n) is 10.4. The lowest BCUT2D eigenvalue weighted by Gasteiger charge is -2.32. The van der Waals surface area contributed by atoms with E-state index in [2.05, 4.69) is 48.5 Å². The van der Waals surface area contributed by atoms with Gasteiger partial charge in [-0.25, -0.2) is 4.99 Å². The number of allylic oxidation sites excluding steroid dienone is 6. The van der Waals surface area contributed by atoms with Crippen molar-refractivity contribution in [2.45, 2.75) is 65.8 Å². The van der Waals surface area contributed by atoms with E-state index in [0.29, 0.717) is 12.2 Å². The van der Waals surface area contributed by atoms with E-state index in [1.807, 2.05) is 26.8 Å². The average molecular weight is 455 g/mol. The number of nitrogens with zero attached hydrogens (tertiary/aromatic N) is 3. The fourth-order valence-corrected chi connectivity index (χ4v) is 3.89. The van der Waals surface area contributed by atoms with Crippen LogP contribution in [0, 0.1) is 5.41 Å². The molecule has 2 amide bonds. The second-order valence-corrected chi connectivity index (χ2v) is 10.4. The van der Waals surface area contributed by atoms with Crippen LogP contribution in [-0.4, -0.2) is 67.6 Å². The molecule has 0 spiro atoms. The maximum absolute atomic E-state index is 13.5. The summed E-state index contributed by atoms with van der Waals surface area (Å²) < 4.78 is 0. The molecule has 6 heteroatoms. The van der Waals surface area contributed by atoms with Gasteiger partial charge in [-0.15, -0.1) is 0 Å². The maximum Gasteiger partial charge on any atom is 0.270 e. The Bertz CT molecular complexity index is 869. The van der Waals surface area contributed by atoms with Gasteiger partial charge in [-0.2, -0.15) is 0 Å². The molecule has 0 aromatic rings. The molecule has 1 aliphatic carbocycles. The Balaban J connectivity index is 2.47. The molecule has 1 aliphatic heterocycles. The van der Waals surface area contributed by atoms with E-state index in [0.717, 1.165) is 44.4 Å². The van der Waals surface area contributed by atoms with Crippen LogP contribution < -0.4 is 5.32 Å². The molecule has 1 atom stereocenters. The van der Waals surface area contributed by atoms with Crippen molar-refractivity contribution in [1.29, 1.82) is 0 Å². The summed E-state index contributed by atoms with van der Waals surface area (Å²) in [6.07, 6.45) is 15.3. The normalized spacial score (nSPS) is 22.9. The SMILES string of the molecule is C/C1=C\CCCN(C)C/C=C(\C(=O)N[C@H](C(=O)N(C)C)C(C)(C)C)N=C(C2=CC=CCC2)C1. The van der Waals surface area contributed by atoms with Gasteiger partial charge in [-0.1, -0.05) is 50.6 Å². The zero-order valence-electron chi connectivity index (χ0n) is 21.6. The van der Waals surface area contributed by atoms with Gasteiger partial charge in [0.05, 0.1) is 0 Å². The molecular formula is C27H42N4O2. The van der Waals surface area contributed by atoms with Gasteiger partial charge >= 0.3 is 0 Å². The van der Waals surface area contributed by atoms with Crippen LogP contribution in [0.15, 0.2) is 52.2 Å². The van der Waals surface area contributed by atoms with Gasteiger partial charge in [0.2, 0.25) is 5.91 Å². The number of rotatable bonds is 4. The summed E-state index contributed by atoms with van der Waals surface area (Å²) in [5.74, 6) is -0.425. The molecule has 0 saturated heterocycles. The molecule has 2 aliphatic rings. The summed E-state index contributed by atoms with van der Waals surface area (Å²) in [5.41, 5.74) is 3.32. The molecule has 33 heavy (non-hydrogen) atoms. The van der Waals surface area contributed by atoms with Crippen molar-refractivity contribution in [3.63, 3.8) is 0 Å². The van der Waals surface area contributed by atoms with Crippen molar-refractivity contribution in [2.24, 2.45) is 10.4 Å². The van der Waals surface area contributed by atoms with Gasteiger partial charge in [0.25, 0.3) is 5.91 Å². The third-order valence-electron chi connectivity index (χ3n) is 5.98.